The molecule has 0 radical (unpaired) electrons. The largest absolute Gasteiger partial charge is 0.368 e. The first-order valence-electron chi connectivity index (χ1n) is 8.16. The van der Waals surface area contributed by atoms with Crippen LogP contribution in [0.2, 0.25) is 0 Å². The summed E-state index contributed by atoms with van der Waals surface area (Å²) in [6.07, 6.45) is -0.439. The summed E-state index contributed by atoms with van der Waals surface area (Å²) >= 11 is 0. The Morgan fingerprint density at radius 2 is 1.64 bits per heavy atom. The molecule has 0 aliphatic heterocycles. The summed E-state index contributed by atoms with van der Waals surface area (Å²) < 4.78 is 5.31. The van der Waals surface area contributed by atoms with Gasteiger partial charge in [0, 0.05) is 13.5 Å². The minimum Gasteiger partial charge on any atom is -0.368 e. The molecule has 2 aromatic rings. The Balaban J connectivity index is 2.18. The number of benzene rings is 2. The number of carbonyl (C=O) groups is 2. The van der Waals surface area contributed by atoms with Gasteiger partial charge in [-0.25, -0.2) is 0 Å². The van der Waals surface area contributed by atoms with E-state index in [1.165, 1.54) is 7.11 Å². The minimum atomic E-state index is -0.798. The lowest BCUT2D eigenvalue weighted by Crippen LogP contribution is -2.47. The molecule has 0 heterocycles. The molecule has 3 N–H and O–H groups in total. The Hall–Kier alpha value is -2.66. The molecule has 25 heavy (non-hydrogen) atoms. The van der Waals surface area contributed by atoms with Crippen molar-refractivity contribution in [2.45, 2.75) is 32.4 Å². The standard InChI is InChI=1S/C20H24N2O3/c1-13-8-7-9-14(2)16(13)12-17(19(21)23)22-20(24)18(25-3)15-10-5-4-6-11-15/h4-11,17-18H,12H2,1-3H3,(H2,21,23)(H,22,24)/t17-,18-/m1/s1. The van der Waals surface area contributed by atoms with Crippen molar-refractivity contribution < 1.29 is 14.3 Å². The second-order valence-electron chi connectivity index (χ2n) is 6.06. The van der Waals surface area contributed by atoms with Crippen LogP contribution in [-0.4, -0.2) is 25.0 Å². The van der Waals surface area contributed by atoms with Gasteiger partial charge in [0.05, 0.1) is 0 Å². The normalized spacial score (nSPS) is 13.1. The zero-order chi connectivity index (χ0) is 18.4. The summed E-state index contributed by atoms with van der Waals surface area (Å²) in [7, 11) is 1.46. The molecule has 0 aromatic heterocycles. The summed E-state index contributed by atoms with van der Waals surface area (Å²) in [6, 6.07) is 14.2. The average molecular weight is 340 g/mol. The Labute approximate surface area is 148 Å². The van der Waals surface area contributed by atoms with Gasteiger partial charge in [-0.15, -0.1) is 0 Å². The lowest BCUT2D eigenvalue weighted by molar-refractivity contribution is -0.134. The molecule has 0 bridgehead atoms. The molecule has 2 aromatic carbocycles. The molecule has 132 valence electrons. The number of rotatable bonds is 7. The van der Waals surface area contributed by atoms with E-state index in [4.69, 9.17) is 10.5 Å². The molecule has 5 nitrogen and oxygen atoms in total. The van der Waals surface area contributed by atoms with Gasteiger partial charge in [0.15, 0.2) is 6.10 Å². The fraction of sp³-hybridized carbons (Fsp3) is 0.300. The number of nitrogens with two attached hydrogens (primary N) is 1. The maximum atomic E-state index is 12.6. The van der Waals surface area contributed by atoms with Crippen molar-refractivity contribution in [2.75, 3.05) is 7.11 Å². The second-order valence-corrected chi connectivity index (χ2v) is 6.06. The highest BCUT2D eigenvalue weighted by Crippen LogP contribution is 2.18. The molecule has 0 aliphatic carbocycles. The molecule has 2 atom stereocenters. The highest BCUT2D eigenvalue weighted by Gasteiger charge is 2.26. The molecule has 0 unspecified atom stereocenters. The van der Waals surface area contributed by atoms with E-state index in [1.54, 1.807) is 12.1 Å². The van der Waals surface area contributed by atoms with Crippen molar-refractivity contribution in [1.82, 2.24) is 5.32 Å². The van der Waals surface area contributed by atoms with Crippen molar-refractivity contribution in [3.05, 3.63) is 70.8 Å². The summed E-state index contributed by atoms with van der Waals surface area (Å²) in [5.74, 6) is -0.956. The zero-order valence-electron chi connectivity index (χ0n) is 14.8. The van der Waals surface area contributed by atoms with Gasteiger partial charge in [-0.1, -0.05) is 48.5 Å². The summed E-state index contributed by atoms with van der Waals surface area (Å²) in [4.78, 5) is 24.5. The number of aryl methyl sites for hydroxylation is 2. The lowest BCUT2D eigenvalue weighted by Gasteiger charge is -2.21. The van der Waals surface area contributed by atoms with Gasteiger partial charge < -0.3 is 15.8 Å². The van der Waals surface area contributed by atoms with Crippen LogP contribution < -0.4 is 11.1 Å². The van der Waals surface area contributed by atoms with Crippen LogP contribution in [0.4, 0.5) is 0 Å². The summed E-state index contributed by atoms with van der Waals surface area (Å²) in [6.45, 7) is 3.95. The fourth-order valence-electron chi connectivity index (χ4n) is 2.87. The quantitative estimate of drug-likeness (QED) is 0.811. The number of ether oxygens (including phenoxy) is 1. The van der Waals surface area contributed by atoms with Crippen molar-refractivity contribution in [3.63, 3.8) is 0 Å². The van der Waals surface area contributed by atoms with Gasteiger partial charge in [0.25, 0.3) is 5.91 Å². The number of nitrogens with one attached hydrogen (secondary N) is 1. The van der Waals surface area contributed by atoms with Crippen LogP contribution in [0.25, 0.3) is 0 Å². The number of hydrogen-bond donors (Lipinski definition) is 2. The molecular weight excluding hydrogens is 316 g/mol. The van der Waals surface area contributed by atoms with Crippen molar-refractivity contribution in [3.8, 4) is 0 Å². The third-order valence-electron chi connectivity index (χ3n) is 4.29. The topological polar surface area (TPSA) is 81.4 Å². The Morgan fingerprint density at radius 3 is 2.16 bits per heavy atom. The number of hydrogen-bond acceptors (Lipinski definition) is 3. The maximum Gasteiger partial charge on any atom is 0.254 e. The van der Waals surface area contributed by atoms with E-state index in [9.17, 15) is 9.59 Å². The first kappa shape index (κ1) is 18.7. The first-order chi connectivity index (χ1) is 11.9. The minimum absolute atomic E-state index is 0.352. The molecular formula is C20H24N2O3. The lowest BCUT2D eigenvalue weighted by atomic mass is 9.96. The van der Waals surface area contributed by atoms with Crippen LogP contribution in [0, 0.1) is 13.8 Å². The summed E-state index contributed by atoms with van der Waals surface area (Å²) in [5, 5.41) is 2.73. The summed E-state index contributed by atoms with van der Waals surface area (Å²) in [5.41, 5.74) is 9.38. The first-order valence-corrected chi connectivity index (χ1v) is 8.16. The molecule has 0 aliphatic rings. The number of amides is 2. The van der Waals surface area contributed by atoms with Crippen LogP contribution in [0.5, 0.6) is 0 Å². The highest BCUT2D eigenvalue weighted by molar-refractivity contribution is 5.89. The van der Waals surface area contributed by atoms with Gasteiger partial charge in [0.1, 0.15) is 6.04 Å². The predicted octanol–water partition coefficient (Wildman–Crippen LogP) is 2.20. The average Bonchev–Trinajstić information content (AvgIpc) is 2.58. The molecule has 5 heteroatoms. The van der Waals surface area contributed by atoms with Crippen LogP contribution in [0.1, 0.15) is 28.4 Å². The van der Waals surface area contributed by atoms with Crippen LogP contribution in [0.15, 0.2) is 48.5 Å². The van der Waals surface area contributed by atoms with E-state index in [0.717, 1.165) is 22.3 Å². The monoisotopic (exact) mass is 340 g/mol. The van der Waals surface area contributed by atoms with E-state index < -0.39 is 18.1 Å². The van der Waals surface area contributed by atoms with Crippen molar-refractivity contribution >= 4 is 11.8 Å². The highest BCUT2D eigenvalue weighted by atomic mass is 16.5. The maximum absolute atomic E-state index is 12.6. The van der Waals surface area contributed by atoms with Crippen LogP contribution in [0.3, 0.4) is 0 Å². The smallest absolute Gasteiger partial charge is 0.254 e. The van der Waals surface area contributed by atoms with E-state index in [1.807, 2.05) is 50.2 Å². The van der Waals surface area contributed by atoms with Crippen molar-refractivity contribution in [1.29, 1.82) is 0 Å². The van der Waals surface area contributed by atoms with Crippen LogP contribution >= 0.6 is 0 Å². The number of methoxy groups -OCH3 is 1. The van der Waals surface area contributed by atoms with E-state index in [0.29, 0.717) is 6.42 Å². The molecule has 0 spiro atoms. The Bertz CT molecular complexity index is 724. The molecule has 0 saturated carbocycles. The predicted molar refractivity (Wildman–Crippen MR) is 96.9 cm³/mol. The van der Waals surface area contributed by atoms with Gasteiger partial charge in [-0.05, 0) is 36.1 Å². The zero-order valence-corrected chi connectivity index (χ0v) is 14.8. The number of carbonyl (C=O) groups excluding carboxylic acids is 2. The van der Waals surface area contributed by atoms with Crippen molar-refractivity contribution in [2.24, 2.45) is 5.73 Å². The third kappa shape index (κ3) is 4.67. The molecule has 0 saturated heterocycles. The van der Waals surface area contributed by atoms with Gasteiger partial charge in [0.2, 0.25) is 5.91 Å². The molecule has 2 amide bonds. The number of primary amides is 1. The molecule has 2 rings (SSSR count). The van der Waals surface area contributed by atoms with Gasteiger partial charge >= 0.3 is 0 Å². The SMILES string of the molecule is CO[C@@H](C(=O)N[C@H](Cc1c(C)cccc1C)C(N)=O)c1ccccc1. The van der Waals surface area contributed by atoms with E-state index in [2.05, 4.69) is 5.32 Å². The van der Waals surface area contributed by atoms with Crippen LogP contribution in [-0.2, 0) is 20.7 Å². The second kappa shape index (κ2) is 8.44. The van der Waals surface area contributed by atoms with E-state index in [-0.39, 0.29) is 5.91 Å². The fourth-order valence-corrected chi connectivity index (χ4v) is 2.87. The third-order valence-corrected chi connectivity index (χ3v) is 4.29. The van der Waals surface area contributed by atoms with E-state index >= 15 is 0 Å². The molecule has 0 fully saturated rings. The van der Waals surface area contributed by atoms with Gasteiger partial charge in [-0.3, -0.25) is 9.59 Å². The Kier molecular flexibility index (Phi) is 6.31. The Morgan fingerprint density at radius 1 is 1.04 bits per heavy atom. The van der Waals surface area contributed by atoms with Gasteiger partial charge in [-0.2, -0.15) is 0 Å².